The minimum atomic E-state index is -4.35. The standard InChI is InChI=1S/C9H11BrN2O4S/c1-2-8(16-10)12-6-4-3-5-7(9(6)11)17(13,14)15/h3-5H,2,11H2,1H3,(H,13,14,15). The van der Waals surface area contributed by atoms with Crippen LogP contribution in [0.3, 0.4) is 0 Å². The van der Waals surface area contributed by atoms with Gasteiger partial charge in [0.25, 0.3) is 10.1 Å². The molecule has 0 amide bonds. The summed E-state index contributed by atoms with van der Waals surface area (Å²) in [6, 6.07) is 4.15. The van der Waals surface area contributed by atoms with E-state index in [1.54, 1.807) is 0 Å². The second-order valence-corrected chi connectivity index (χ2v) is 4.81. The lowest BCUT2D eigenvalue weighted by Crippen LogP contribution is -2.03. The first kappa shape index (κ1) is 13.9. The van der Waals surface area contributed by atoms with E-state index >= 15 is 0 Å². The highest BCUT2D eigenvalue weighted by Crippen LogP contribution is 2.29. The monoisotopic (exact) mass is 322 g/mol. The maximum atomic E-state index is 11.0. The summed E-state index contributed by atoms with van der Waals surface area (Å²) in [6.45, 7) is 1.81. The zero-order valence-corrected chi connectivity index (χ0v) is 11.3. The van der Waals surface area contributed by atoms with Crippen molar-refractivity contribution in [3.8, 4) is 0 Å². The van der Waals surface area contributed by atoms with Crippen LogP contribution in [0.1, 0.15) is 13.3 Å². The van der Waals surface area contributed by atoms with Crippen LogP contribution in [0, 0.1) is 0 Å². The van der Waals surface area contributed by atoms with Crippen LogP contribution >= 0.6 is 16.3 Å². The highest BCUT2D eigenvalue weighted by atomic mass is 79.9. The van der Waals surface area contributed by atoms with Gasteiger partial charge in [-0.3, -0.25) is 4.55 Å². The molecule has 0 aliphatic carbocycles. The second kappa shape index (κ2) is 5.48. The minimum absolute atomic E-state index is 0.120. The summed E-state index contributed by atoms with van der Waals surface area (Å²) in [7, 11) is -4.35. The summed E-state index contributed by atoms with van der Waals surface area (Å²) in [4.78, 5) is 3.64. The van der Waals surface area contributed by atoms with Crippen molar-refractivity contribution in [1.82, 2.24) is 0 Å². The van der Waals surface area contributed by atoms with E-state index in [1.165, 1.54) is 18.2 Å². The fourth-order valence-electron chi connectivity index (χ4n) is 1.14. The summed E-state index contributed by atoms with van der Waals surface area (Å²) >= 11 is 2.78. The maximum absolute atomic E-state index is 11.0. The molecule has 0 heterocycles. The molecule has 0 unspecified atom stereocenters. The van der Waals surface area contributed by atoms with Crippen molar-refractivity contribution in [2.24, 2.45) is 4.99 Å². The molecule has 0 aromatic heterocycles. The normalized spacial score (nSPS) is 12.5. The van der Waals surface area contributed by atoms with Crippen LogP contribution in [0.5, 0.6) is 0 Å². The number of rotatable bonds is 3. The number of hydrogen-bond acceptors (Lipinski definition) is 5. The summed E-state index contributed by atoms with van der Waals surface area (Å²) in [5, 5.41) is 0. The van der Waals surface area contributed by atoms with Crippen molar-refractivity contribution < 1.29 is 16.8 Å². The second-order valence-electron chi connectivity index (χ2n) is 3.10. The molecule has 0 atom stereocenters. The first-order chi connectivity index (χ1) is 7.90. The Balaban J connectivity index is 3.34. The van der Waals surface area contributed by atoms with E-state index in [0.29, 0.717) is 12.3 Å². The number of hydrogen-bond donors (Lipinski definition) is 2. The summed E-state index contributed by atoms with van der Waals surface area (Å²) < 4.78 is 35.8. The van der Waals surface area contributed by atoms with Gasteiger partial charge in [0.2, 0.25) is 5.90 Å². The van der Waals surface area contributed by atoms with Gasteiger partial charge >= 0.3 is 0 Å². The third kappa shape index (κ3) is 3.42. The van der Waals surface area contributed by atoms with Crippen molar-refractivity contribution in [3.63, 3.8) is 0 Å². The first-order valence-corrected chi connectivity index (χ1v) is 6.71. The molecule has 1 rings (SSSR count). The molecule has 0 saturated carbocycles. The molecule has 0 fully saturated rings. The van der Waals surface area contributed by atoms with Crippen LogP contribution in [0.15, 0.2) is 28.1 Å². The van der Waals surface area contributed by atoms with E-state index in [9.17, 15) is 8.42 Å². The van der Waals surface area contributed by atoms with Gasteiger partial charge in [0.05, 0.1) is 11.4 Å². The summed E-state index contributed by atoms with van der Waals surface area (Å²) in [5.41, 5.74) is 5.71. The fourth-order valence-corrected chi connectivity index (χ4v) is 2.07. The smallest absolute Gasteiger partial charge is 0.296 e. The fraction of sp³-hybridized carbons (Fsp3) is 0.222. The number of aliphatic imine (C=N–C) groups is 1. The number of nitrogen functional groups attached to an aromatic ring is 1. The van der Waals surface area contributed by atoms with Gasteiger partial charge in [0.1, 0.15) is 4.90 Å². The minimum Gasteiger partial charge on any atom is -0.402 e. The van der Waals surface area contributed by atoms with Crippen molar-refractivity contribution >= 4 is 43.6 Å². The Bertz CT molecular complexity index is 536. The Morgan fingerprint density at radius 2 is 2.24 bits per heavy atom. The van der Waals surface area contributed by atoms with Gasteiger partial charge in [-0.25, -0.2) is 4.99 Å². The first-order valence-electron chi connectivity index (χ1n) is 4.62. The average molecular weight is 323 g/mol. The molecule has 0 aliphatic heterocycles. The molecule has 1 aromatic rings. The predicted molar refractivity (Wildman–Crippen MR) is 68.1 cm³/mol. The zero-order valence-electron chi connectivity index (χ0n) is 8.92. The highest BCUT2D eigenvalue weighted by molar-refractivity contribution is 9.06. The topological polar surface area (TPSA) is 102 Å². The number of nitrogens with two attached hydrogens (primary N) is 1. The van der Waals surface area contributed by atoms with Crippen molar-refractivity contribution in [2.45, 2.75) is 18.2 Å². The van der Waals surface area contributed by atoms with Crippen LogP contribution in [-0.4, -0.2) is 18.9 Å². The number of anilines is 1. The average Bonchev–Trinajstić information content (AvgIpc) is 2.26. The van der Waals surface area contributed by atoms with Gasteiger partial charge in [0, 0.05) is 6.42 Å². The number of nitrogens with zero attached hydrogens (tertiary/aromatic N) is 1. The molecule has 3 N–H and O–H groups in total. The van der Waals surface area contributed by atoms with Crippen molar-refractivity contribution in [2.75, 3.05) is 5.73 Å². The SMILES string of the molecule is CCC(=Nc1cccc(S(=O)(=O)O)c1N)OBr. The van der Waals surface area contributed by atoms with Crippen LogP contribution < -0.4 is 5.73 Å². The summed E-state index contributed by atoms with van der Waals surface area (Å²) in [5.74, 6) is 0.337. The molecular weight excluding hydrogens is 312 g/mol. The third-order valence-corrected chi connectivity index (χ3v) is 3.24. The van der Waals surface area contributed by atoms with E-state index in [-0.39, 0.29) is 16.3 Å². The van der Waals surface area contributed by atoms with Crippen molar-refractivity contribution in [1.29, 1.82) is 0 Å². The molecule has 0 radical (unpaired) electrons. The lowest BCUT2D eigenvalue weighted by molar-refractivity contribution is 0.483. The third-order valence-electron chi connectivity index (χ3n) is 1.96. The van der Waals surface area contributed by atoms with Crippen LogP contribution in [-0.2, 0) is 13.9 Å². The predicted octanol–water partition coefficient (Wildman–Crippen LogP) is 2.28. The lowest BCUT2D eigenvalue weighted by atomic mass is 10.3. The number of halogens is 1. The Hall–Kier alpha value is -1.12. The number of benzene rings is 1. The van der Waals surface area contributed by atoms with Gasteiger partial charge in [0.15, 0.2) is 16.3 Å². The van der Waals surface area contributed by atoms with E-state index in [4.69, 9.17) is 14.1 Å². The summed E-state index contributed by atoms with van der Waals surface area (Å²) in [6.07, 6.45) is 0.501. The molecule has 94 valence electrons. The Labute approximate surface area is 108 Å². The van der Waals surface area contributed by atoms with E-state index < -0.39 is 10.1 Å². The molecule has 6 nitrogen and oxygen atoms in total. The van der Waals surface area contributed by atoms with E-state index in [2.05, 4.69) is 21.3 Å². The van der Waals surface area contributed by atoms with Crippen LogP contribution in [0.25, 0.3) is 0 Å². The molecule has 8 heteroatoms. The van der Waals surface area contributed by atoms with Gasteiger partial charge in [-0.1, -0.05) is 13.0 Å². The maximum Gasteiger partial charge on any atom is 0.296 e. The Morgan fingerprint density at radius 3 is 2.71 bits per heavy atom. The molecule has 0 bridgehead atoms. The molecule has 0 aliphatic rings. The van der Waals surface area contributed by atoms with Crippen LogP contribution in [0.4, 0.5) is 11.4 Å². The largest absolute Gasteiger partial charge is 0.402 e. The van der Waals surface area contributed by atoms with Crippen LogP contribution in [0.2, 0.25) is 0 Å². The Kier molecular flexibility index (Phi) is 4.49. The molecular formula is C9H11BrN2O4S. The van der Waals surface area contributed by atoms with Gasteiger partial charge in [-0.2, -0.15) is 8.42 Å². The molecule has 1 aromatic carbocycles. The van der Waals surface area contributed by atoms with Crippen molar-refractivity contribution in [3.05, 3.63) is 18.2 Å². The van der Waals surface area contributed by atoms with E-state index in [0.717, 1.165) is 0 Å². The van der Waals surface area contributed by atoms with Gasteiger partial charge in [-0.15, -0.1) is 0 Å². The van der Waals surface area contributed by atoms with E-state index in [1.807, 2.05) is 6.92 Å². The molecule has 0 saturated heterocycles. The zero-order chi connectivity index (χ0) is 13.1. The molecule has 0 spiro atoms. The Morgan fingerprint density at radius 1 is 1.59 bits per heavy atom. The quantitative estimate of drug-likeness (QED) is 0.384. The van der Waals surface area contributed by atoms with Gasteiger partial charge < -0.3 is 9.56 Å². The lowest BCUT2D eigenvalue weighted by Gasteiger charge is -2.06. The van der Waals surface area contributed by atoms with Gasteiger partial charge in [-0.05, 0) is 12.1 Å². The molecule has 17 heavy (non-hydrogen) atoms. The number of para-hydroxylation sites is 1. The highest BCUT2D eigenvalue weighted by Gasteiger charge is 2.16.